The molecule has 1 aromatic heterocycles. The van der Waals surface area contributed by atoms with E-state index >= 15 is 0 Å². The number of rotatable bonds is 2. The van der Waals surface area contributed by atoms with Gasteiger partial charge in [0.25, 0.3) is 0 Å². The summed E-state index contributed by atoms with van der Waals surface area (Å²) in [7, 11) is 0. The van der Waals surface area contributed by atoms with Gasteiger partial charge in [-0.1, -0.05) is 30.3 Å². The quantitative estimate of drug-likeness (QED) is 0.684. The number of aryl methyl sites for hydroxylation is 2. The molecule has 0 amide bonds. The lowest BCUT2D eigenvalue weighted by molar-refractivity contribution is 1.01. The molecule has 0 spiro atoms. The molecule has 100 valence electrons. The van der Waals surface area contributed by atoms with Crippen molar-refractivity contribution >= 4 is 5.69 Å². The minimum Gasteiger partial charge on any atom is -0.399 e. The Hall–Kier alpha value is -2.48. The number of nitrogen functional groups attached to an aromatic ring is 1. The topological polar surface area (TPSA) is 30.9 Å². The van der Waals surface area contributed by atoms with E-state index in [0.717, 1.165) is 5.69 Å². The van der Waals surface area contributed by atoms with Crippen molar-refractivity contribution in [1.82, 2.24) is 4.57 Å². The van der Waals surface area contributed by atoms with E-state index in [4.69, 9.17) is 5.73 Å². The highest BCUT2D eigenvalue weighted by Crippen LogP contribution is 2.28. The first-order chi connectivity index (χ1) is 9.66. The molecular formula is C18H18N2. The van der Waals surface area contributed by atoms with Crippen LogP contribution in [0.3, 0.4) is 0 Å². The van der Waals surface area contributed by atoms with Gasteiger partial charge >= 0.3 is 0 Å². The minimum atomic E-state index is 0.803. The Bertz CT molecular complexity index is 739. The average Bonchev–Trinajstić information content (AvgIpc) is 2.82. The van der Waals surface area contributed by atoms with Crippen molar-refractivity contribution in [2.45, 2.75) is 13.8 Å². The molecule has 0 unspecified atom stereocenters. The van der Waals surface area contributed by atoms with Gasteiger partial charge in [-0.2, -0.15) is 0 Å². The van der Waals surface area contributed by atoms with Crippen molar-refractivity contribution in [3.05, 3.63) is 71.9 Å². The summed E-state index contributed by atoms with van der Waals surface area (Å²) in [5.74, 6) is 0. The van der Waals surface area contributed by atoms with E-state index in [0.29, 0.717) is 0 Å². The molecule has 0 aliphatic heterocycles. The molecule has 2 nitrogen and oxygen atoms in total. The van der Waals surface area contributed by atoms with E-state index in [1.165, 1.54) is 28.2 Å². The molecule has 0 radical (unpaired) electrons. The molecule has 0 aliphatic rings. The number of nitrogens with zero attached hydrogens (tertiary/aromatic N) is 1. The summed E-state index contributed by atoms with van der Waals surface area (Å²) in [6.45, 7) is 4.22. The number of nitrogens with two attached hydrogens (primary N) is 1. The SMILES string of the molecule is Cc1cc(N)ccc1-n1c(C)ccc1-c1ccccc1. The maximum atomic E-state index is 5.86. The first kappa shape index (κ1) is 12.5. The highest BCUT2D eigenvalue weighted by atomic mass is 15.0. The maximum Gasteiger partial charge on any atom is 0.0531 e. The van der Waals surface area contributed by atoms with Crippen molar-refractivity contribution in [3.8, 4) is 16.9 Å². The number of hydrogen-bond acceptors (Lipinski definition) is 1. The smallest absolute Gasteiger partial charge is 0.0531 e. The Balaban J connectivity index is 2.22. The Morgan fingerprint density at radius 1 is 0.850 bits per heavy atom. The molecule has 0 saturated carbocycles. The van der Waals surface area contributed by atoms with Crippen molar-refractivity contribution < 1.29 is 0 Å². The third-order valence-corrected chi connectivity index (χ3v) is 3.61. The van der Waals surface area contributed by atoms with Gasteiger partial charge in [-0.15, -0.1) is 0 Å². The zero-order valence-corrected chi connectivity index (χ0v) is 11.8. The standard InChI is InChI=1S/C18H18N2/c1-13-12-16(19)9-11-17(13)20-14(2)8-10-18(20)15-6-4-3-5-7-15/h3-12H,19H2,1-2H3. The molecule has 2 aromatic carbocycles. The third-order valence-electron chi connectivity index (χ3n) is 3.61. The Morgan fingerprint density at radius 3 is 2.30 bits per heavy atom. The van der Waals surface area contributed by atoms with Crippen LogP contribution in [0.4, 0.5) is 5.69 Å². The molecule has 2 heteroatoms. The lowest BCUT2D eigenvalue weighted by atomic mass is 10.1. The molecule has 3 rings (SSSR count). The van der Waals surface area contributed by atoms with E-state index in [1.54, 1.807) is 0 Å². The lowest BCUT2D eigenvalue weighted by Crippen LogP contribution is -2.02. The second kappa shape index (κ2) is 4.89. The van der Waals surface area contributed by atoms with Crippen LogP contribution in [0.2, 0.25) is 0 Å². The van der Waals surface area contributed by atoms with Gasteiger partial charge in [-0.25, -0.2) is 0 Å². The van der Waals surface area contributed by atoms with Crippen LogP contribution in [0.5, 0.6) is 0 Å². The number of anilines is 1. The van der Waals surface area contributed by atoms with E-state index in [2.05, 4.69) is 60.9 Å². The van der Waals surface area contributed by atoms with Gasteiger partial charge in [0.2, 0.25) is 0 Å². The van der Waals surface area contributed by atoms with Crippen LogP contribution in [0, 0.1) is 13.8 Å². The molecule has 20 heavy (non-hydrogen) atoms. The fourth-order valence-electron chi connectivity index (χ4n) is 2.62. The average molecular weight is 262 g/mol. The predicted molar refractivity (Wildman–Crippen MR) is 85.1 cm³/mol. The molecule has 0 fully saturated rings. The monoisotopic (exact) mass is 262 g/mol. The van der Waals surface area contributed by atoms with Gasteiger partial charge in [0.15, 0.2) is 0 Å². The number of aromatic nitrogens is 1. The van der Waals surface area contributed by atoms with Crippen LogP contribution < -0.4 is 5.73 Å². The molecular weight excluding hydrogens is 244 g/mol. The summed E-state index contributed by atoms with van der Waals surface area (Å²) >= 11 is 0. The van der Waals surface area contributed by atoms with Crippen molar-refractivity contribution in [2.75, 3.05) is 5.73 Å². The Morgan fingerprint density at radius 2 is 1.60 bits per heavy atom. The fraction of sp³-hybridized carbons (Fsp3) is 0.111. The maximum absolute atomic E-state index is 5.86. The number of hydrogen-bond donors (Lipinski definition) is 1. The van der Waals surface area contributed by atoms with Crippen LogP contribution >= 0.6 is 0 Å². The summed E-state index contributed by atoms with van der Waals surface area (Å²) in [5.41, 5.74) is 12.7. The largest absolute Gasteiger partial charge is 0.399 e. The second-order valence-corrected chi connectivity index (χ2v) is 5.11. The van der Waals surface area contributed by atoms with Crippen molar-refractivity contribution in [3.63, 3.8) is 0 Å². The molecule has 2 N–H and O–H groups in total. The van der Waals surface area contributed by atoms with E-state index in [1.807, 2.05) is 18.2 Å². The van der Waals surface area contributed by atoms with E-state index in [9.17, 15) is 0 Å². The van der Waals surface area contributed by atoms with Crippen LogP contribution in [-0.4, -0.2) is 4.57 Å². The van der Waals surface area contributed by atoms with Gasteiger partial charge < -0.3 is 10.3 Å². The van der Waals surface area contributed by atoms with Gasteiger partial charge in [0, 0.05) is 17.1 Å². The third kappa shape index (κ3) is 2.10. The molecule has 0 bridgehead atoms. The molecule has 1 heterocycles. The number of benzene rings is 2. The normalized spacial score (nSPS) is 10.7. The summed E-state index contributed by atoms with van der Waals surface area (Å²) in [6.07, 6.45) is 0. The summed E-state index contributed by atoms with van der Waals surface area (Å²) in [4.78, 5) is 0. The van der Waals surface area contributed by atoms with E-state index < -0.39 is 0 Å². The molecule has 3 aromatic rings. The van der Waals surface area contributed by atoms with Crippen LogP contribution in [-0.2, 0) is 0 Å². The highest BCUT2D eigenvalue weighted by Gasteiger charge is 2.11. The molecule has 0 saturated heterocycles. The second-order valence-electron chi connectivity index (χ2n) is 5.11. The Kier molecular flexibility index (Phi) is 3.07. The zero-order valence-electron chi connectivity index (χ0n) is 11.8. The molecule has 0 atom stereocenters. The van der Waals surface area contributed by atoms with Crippen LogP contribution in [0.15, 0.2) is 60.7 Å². The molecule has 0 aliphatic carbocycles. The summed E-state index contributed by atoms with van der Waals surface area (Å²) < 4.78 is 2.28. The van der Waals surface area contributed by atoms with Crippen LogP contribution in [0.1, 0.15) is 11.3 Å². The first-order valence-corrected chi connectivity index (χ1v) is 6.77. The summed E-state index contributed by atoms with van der Waals surface area (Å²) in [6, 6.07) is 20.8. The van der Waals surface area contributed by atoms with Gasteiger partial charge in [0.05, 0.1) is 5.69 Å². The van der Waals surface area contributed by atoms with Gasteiger partial charge in [-0.3, -0.25) is 0 Å². The first-order valence-electron chi connectivity index (χ1n) is 6.77. The van der Waals surface area contributed by atoms with Crippen molar-refractivity contribution in [1.29, 1.82) is 0 Å². The lowest BCUT2D eigenvalue weighted by Gasteiger charge is -2.15. The zero-order chi connectivity index (χ0) is 14.1. The van der Waals surface area contributed by atoms with Crippen LogP contribution in [0.25, 0.3) is 16.9 Å². The van der Waals surface area contributed by atoms with E-state index in [-0.39, 0.29) is 0 Å². The summed E-state index contributed by atoms with van der Waals surface area (Å²) in [5, 5.41) is 0. The van der Waals surface area contributed by atoms with Gasteiger partial charge in [-0.05, 0) is 55.3 Å². The highest BCUT2D eigenvalue weighted by molar-refractivity contribution is 5.65. The minimum absolute atomic E-state index is 0.803. The predicted octanol–water partition coefficient (Wildman–Crippen LogP) is 4.34. The van der Waals surface area contributed by atoms with Crippen molar-refractivity contribution in [2.24, 2.45) is 0 Å². The fourth-order valence-corrected chi connectivity index (χ4v) is 2.62. The van der Waals surface area contributed by atoms with Gasteiger partial charge in [0.1, 0.15) is 0 Å². The Labute approximate surface area is 119 Å².